The first kappa shape index (κ1) is 20.8. The third-order valence-electron chi connectivity index (χ3n) is 5.35. The lowest BCUT2D eigenvalue weighted by atomic mass is 9.99. The van der Waals surface area contributed by atoms with Crippen molar-refractivity contribution in [3.05, 3.63) is 18.1 Å². The molecule has 1 radical (unpaired) electrons. The van der Waals surface area contributed by atoms with E-state index in [1.54, 1.807) is 0 Å². The molecule has 0 atom stereocenters. The van der Waals surface area contributed by atoms with E-state index in [2.05, 4.69) is 19.1 Å². The highest BCUT2D eigenvalue weighted by Gasteiger charge is 2.14. The molecule has 1 aliphatic carbocycles. The summed E-state index contributed by atoms with van der Waals surface area (Å²) in [7, 11) is 0. The Hall–Kier alpha value is -0.260. The molecule has 0 N–H and O–H groups in total. The first-order valence-corrected chi connectivity index (χ1v) is 10.9. The summed E-state index contributed by atoms with van der Waals surface area (Å²) in [6, 6.07) is 0. The van der Waals surface area contributed by atoms with Crippen molar-refractivity contribution in [2.45, 2.75) is 129 Å². The molecule has 0 amide bonds. The van der Waals surface area contributed by atoms with Gasteiger partial charge in [-0.25, -0.2) is 0 Å². The third kappa shape index (κ3) is 13.8. The van der Waals surface area contributed by atoms with Crippen LogP contribution < -0.4 is 0 Å². The molecule has 0 bridgehead atoms. The Bertz CT molecular complexity index is 247. The molecule has 0 aromatic carbocycles. The first-order chi connectivity index (χ1) is 11.4. The van der Waals surface area contributed by atoms with E-state index in [1.807, 2.05) is 5.92 Å². The van der Waals surface area contributed by atoms with Gasteiger partial charge in [0.15, 0.2) is 0 Å². The second kappa shape index (κ2) is 16.6. The van der Waals surface area contributed by atoms with Gasteiger partial charge in [-0.05, 0) is 50.9 Å². The normalized spacial score (nSPS) is 15.9. The highest BCUT2D eigenvalue weighted by Crippen LogP contribution is 2.31. The molecular weight excluding hydrogens is 276 g/mol. The van der Waals surface area contributed by atoms with Crippen molar-refractivity contribution in [2.24, 2.45) is 0 Å². The van der Waals surface area contributed by atoms with Crippen LogP contribution in [0.25, 0.3) is 0 Å². The molecule has 1 saturated carbocycles. The van der Waals surface area contributed by atoms with E-state index in [9.17, 15) is 0 Å². The molecule has 0 spiro atoms. The van der Waals surface area contributed by atoms with Crippen LogP contribution in [0.5, 0.6) is 0 Å². The number of unbranched alkanes of at least 4 members (excludes halogenated alkanes) is 12. The summed E-state index contributed by atoms with van der Waals surface area (Å²) in [4.78, 5) is 0. The van der Waals surface area contributed by atoms with Crippen molar-refractivity contribution in [1.29, 1.82) is 0 Å². The predicted molar refractivity (Wildman–Crippen MR) is 106 cm³/mol. The average molecular weight is 320 g/mol. The second-order valence-corrected chi connectivity index (χ2v) is 7.64. The van der Waals surface area contributed by atoms with Crippen molar-refractivity contribution in [1.82, 2.24) is 0 Å². The van der Waals surface area contributed by atoms with Crippen LogP contribution in [-0.2, 0) is 0 Å². The third-order valence-corrected chi connectivity index (χ3v) is 5.35. The Morgan fingerprint density at radius 2 is 1.09 bits per heavy atom. The van der Waals surface area contributed by atoms with Gasteiger partial charge in [0.1, 0.15) is 0 Å². The fraction of sp³-hybridized carbons (Fsp3) is 0.870. The van der Waals surface area contributed by atoms with Gasteiger partial charge < -0.3 is 0 Å². The number of hydrogen-bond acceptors (Lipinski definition) is 0. The van der Waals surface area contributed by atoms with Crippen LogP contribution in [-0.4, -0.2) is 0 Å². The van der Waals surface area contributed by atoms with Gasteiger partial charge in [-0.2, -0.15) is 0 Å². The molecule has 135 valence electrons. The predicted octanol–water partition coefficient (Wildman–Crippen LogP) is 8.56. The smallest absolute Gasteiger partial charge is 0.0241 e. The minimum atomic E-state index is 1.31. The minimum absolute atomic E-state index is 1.31. The highest BCUT2D eigenvalue weighted by atomic mass is 14.2. The molecule has 1 aliphatic rings. The summed E-state index contributed by atoms with van der Waals surface area (Å²) in [6.07, 6.45) is 32.0. The SMILES string of the molecule is CCCCCCCCC=CCCCCCCCC[C]1CCCC1. The van der Waals surface area contributed by atoms with E-state index in [-0.39, 0.29) is 0 Å². The zero-order valence-corrected chi connectivity index (χ0v) is 16.1. The highest BCUT2D eigenvalue weighted by molar-refractivity contribution is 4.93. The lowest BCUT2D eigenvalue weighted by Gasteiger charge is -2.07. The summed E-state index contributed by atoms with van der Waals surface area (Å²) in [5, 5.41) is 0. The number of allylic oxidation sites excluding steroid dienone is 2. The van der Waals surface area contributed by atoms with E-state index < -0.39 is 0 Å². The summed E-state index contributed by atoms with van der Waals surface area (Å²) >= 11 is 0. The summed E-state index contributed by atoms with van der Waals surface area (Å²) in [6.45, 7) is 2.29. The Labute approximate surface area is 147 Å². The molecule has 0 heteroatoms. The summed E-state index contributed by atoms with van der Waals surface area (Å²) in [5.74, 6) is 1.88. The van der Waals surface area contributed by atoms with Crippen molar-refractivity contribution in [2.75, 3.05) is 0 Å². The van der Waals surface area contributed by atoms with E-state index in [4.69, 9.17) is 0 Å². The van der Waals surface area contributed by atoms with Crippen LogP contribution in [0.2, 0.25) is 0 Å². The van der Waals surface area contributed by atoms with Gasteiger partial charge in [0.05, 0.1) is 0 Å². The molecule has 23 heavy (non-hydrogen) atoms. The largest absolute Gasteiger partial charge is 0.0885 e. The second-order valence-electron chi connectivity index (χ2n) is 7.64. The van der Waals surface area contributed by atoms with Crippen LogP contribution in [0.3, 0.4) is 0 Å². The summed E-state index contributed by atoms with van der Waals surface area (Å²) in [5.41, 5.74) is 0. The van der Waals surface area contributed by atoms with E-state index in [0.717, 1.165) is 0 Å². The average Bonchev–Trinajstić information content (AvgIpc) is 3.08. The summed E-state index contributed by atoms with van der Waals surface area (Å²) < 4.78 is 0. The fourth-order valence-corrected chi connectivity index (χ4v) is 3.75. The Morgan fingerprint density at radius 3 is 1.65 bits per heavy atom. The van der Waals surface area contributed by atoms with Crippen molar-refractivity contribution in [3.63, 3.8) is 0 Å². The van der Waals surface area contributed by atoms with Crippen molar-refractivity contribution >= 4 is 0 Å². The van der Waals surface area contributed by atoms with Gasteiger partial charge in [0.25, 0.3) is 0 Å². The van der Waals surface area contributed by atoms with Gasteiger partial charge in [-0.15, -0.1) is 0 Å². The standard InChI is InChI=1S/C23H43/c1-2-3-4-5-6-7-8-9-10-11-12-13-14-15-16-17-20-23-21-18-19-22-23/h9-10H,2-8,11-22H2,1H3. The van der Waals surface area contributed by atoms with E-state index in [0.29, 0.717) is 0 Å². The van der Waals surface area contributed by atoms with Crippen molar-refractivity contribution in [3.8, 4) is 0 Å². The molecule has 1 fully saturated rings. The fourth-order valence-electron chi connectivity index (χ4n) is 3.75. The molecule has 0 aliphatic heterocycles. The Kier molecular flexibility index (Phi) is 15.0. The Balaban J connectivity index is 1.69. The molecule has 0 heterocycles. The van der Waals surface area contributed by atoms with Gasteiger partial charge in [0, 0.05) is 0 Å². The van der Waals surface area contributed by atoms with Crippen molar-refractivity contribution < 1.29 is 0 Å². The molecule has 0 saturated heterocycles. The van der Waals surface area contributed by atoms with Crippen LogP contribution in [0.1, 0.15) is 129 Å². The van der Waals surface area contributed by atoms with Crippen LogP contribution >= 0.6 is 0 Å². The molecule has 0 aromatic rings. The van der Waals surface area contributed by atoms with Crippen LogP contribution in [0, 0.1) is 5.92 Å². The van der Waals surface area contributed by atoms with Gasteiger partial charge in [-0.3, -0.25) is 0 Å². The molecule has 0 nitrogen and oxygen atoms in total. The van der Waals surface area contributed by atoms with Gasteiger partial charge in [-0.1, -0.05) is 96.1 Å². The van der Waals surface area contributed by atoms with Crippen LogP contribution in [0.4, 0.5) is 0 Å². The zero-order chi connectivity index (χ0) is 16.4. The molecule has 1 rings (SSSR count). The molecule has 0 aromatic heterocycles. The van der Waals surface area contributed by atoms with Gasteiger partial charge in [0.2, 0.25) is 0 Å². The molecule has 0 unspecified atom stereocenters. The maximum absolute atomic E-state index is 2.43. The van der Waals surface area contributed by atoms with E-state index >= 15 is 0 Å². The molecular formula is C23H43. The number of hydrogen-bond donors (Lipinski definition) is 0. The van der Waals surface area contributed by atoms with Gasteiger partial charge >= 0.3 is 0 Å². The minimum Gasteiger partial charge on any atom is -0.0885 e. The lowest BCUT2D eigenvalue weighted by molar-refractivity contribution is 0.577. The van der Waals surface area contributed by atoms with E-state index in [1.165, 1.54) is 122 Å². The zero-order valence-electron chi connectivity index (χ0n) is 16.1. The topological polar surface area (TPSA) is 0 Å². The monoisotopic (exact) mass is 319 g/mol. The lowest BCUT2D eigenvalue weighted by Crippen LogP contribution is -1.90. The first-order valence-electron chi connectivity index (χ1n) is 10.9. The number of rotatable bonds is 16. The maximum atomic E-state index is 2.43. The maximum Gasteiger partial charge on any atom is -0.0241 e. The quantitative estimate of drug-likeness (QED) is 0.197. The Morgan fingerprint density at radius 1 is 0.609 bits per heavy atom. The van der Waals surface area contributed by atoms with Crippen LogP contribution in [0.15, 0.2) is 12.2 Å².